The van der Waals surface area contributed by atoms with E-state index in [1.54, 1.807) is 4.90 Å². The predicted molar refractivity (Wildman–Crippen MR) is 86.7 cm³/mol. The van der Waals surface area contributed by atoms with Gasteiger partial charge in [-0.1, -0.05) is 23.5 Å². The maximum Gasteiger partial charge on any atom is 0.323 e. The Hall–Kier alpha value is -2.15. The third-order valence-electron chi connectivity index (χ3n) is 4.05. The van der Waals surface area contributed by atoms with Gasteiger partial charge >= 0.3 is 6.03 Å². The highest BCUT2D eigenvalue weighted by atomic mass is 32.1. The maximum atomic E-state index is 12.5. The molecule has 2 heterocycles. The van der Waals surface area contributed by atoms with Crippen molar-refractivity contribution in [2.45, 2.75) is 25.8 Å². The van der Waals surface area contributed by atoms with E-state index < -0.39 is 0 Å². The van der Waals surface area contributed by atoms with Crippen molar-refractivity contribution >= 4 is 38.6 Å². The summed E-state index contributed by atoms with van der Waals surface area (Å²) in [5.74, 6) is -0.609. The second-order valence-corrected chi connectivity index (χ2v) is 6.63. The summed E-state index contributed by atoms with van der Waals surface area (Å²) in [5.41, 5.74) is 6.24. The number of nitrogens with two attached hydrogens (primary N) is 1. The molecule has 0 spiro atoms. The highest BCUT2D eigenvalue weighted by Gasteiger charge is 2.31. The molecule has 1 aliphatic rings. The number of anilines is 1. The largest absolute Gasteiger partial charge is 0.369 e. The molecular formula is C15H18N4O2S. The van der Waals surface area contributed by atoms with Gasteiger partial charge in [0, 0.05) is 12.6 Å². The zero-order valence-corrected chi connectivity index (χ0v) is 13.1. The van der Waals surface area contributed by atoms with Gasteiger partial charge in [-0.3, -0.25) is 10.1 Å². The number of benzene rings is 1. The molecule has 22 heavy (non-hydrogen) atoms. The summed E-state index contributed by atoms with van der Waals surface area (Å²) in [5, 5.41) is 3.40. The molecular weight excluding hydrogens is 300 g/mol. The lowest BCUT2D eigenvalue weighted by Crippen LogP contribution is -2.50. The Bertz CT molecular complexity index is 681. The van der Waals surface area contributed by atoms with Crippen LogP contribution in [0.15, 0.2) is 24.3 Å². The molecule has 116 valence electrons. The monoisotopic (exact) mass is 318 g/mol. The topological polar surface area (TPSA) is 88.3 Å². The van der Waals surface area contributed by atoms with E-state index in [0.717, 1.165) is 23.1 Å². The second-order valence-electron chi connectivity index (χ2n) is 5.59. The van der Waals surface area contributed by atoms with Gasteiger partial charge in [-0.05, 0) is 31.9 Å². The van der Waals surface area contributed by atoms with Crippen molar-refractivity contribution < 1.29 is 9.59 Å². The van der Waals surface area contributed by atoms with Crippen molar-refractivity contribution in [2.24, 2.45) is 11.7 Å². The maximum absolute atomic E-state index is 12.5. The molecule has 2 unspecified atom stereocenters. The van der Waals surface area contributed by atoms with E-state index in [0.29, 0.717) is 11.7 Å². The first-order valence-corrected chi connectivity index (χ1v) is 8.09. The first-order chi connectivity index (χ1) is 10.5. The van der Waals surface area contributed by atoms with Gasteiger partial charge in [0.15, 0.2) is 5.13 Å². The molecule has 1 saturated heterocycles. The highest BCUT2D eigenvalue weighted by molar-refractivity contribution is 7.22. The Morgan fingerprint density at radius 3 is 2.86 bits per heavy atom. The predicted octanol–water partition coefficient (Wildman–Crippen LogP) is 2.41. The van der Waals surface area contributed by atoms with Gasteiger partial charge in [0.05, 0.1) is 16.1 Å². The van der Waals surface area contributed by atoms with E-state index in [9.17, 15) is 9.59 Å². The fraction of sp³-hybridized carbons (Fsp3) is 0.400. The van der Waals surface area contributed by atoms with Gasteiger partial charge < -0.3 is 10.6 Å². The zero-order chi connectivity index (χ0) is 15.7. The zero-order valence-electron chi connectivity index (χ0n) is 12.3. The minimum absolute atomic E-state index is 0.0879. The third kappa shape index (κ3) is 2.89. The number of urea groups is 1. The van der Waals surface area contributed by atoms with Crippen LogP contribution in [0, 0.1) is 5.92 Å². The Morgan fingerprint density at radius 2 is 2.14 bits per heavy atom. The minimum Gasteiger partial charge on any atom is -0.369 e. The number of carbonyl (C=O) groups is 2. The van der Waals surface area contributed by atoms with E-state index in [-0.39, 0.29) is 23.9 Å². The molecule has 3 rings (SSSR count). The molecule has 6 nitrogen and oxygen atoms in total. The van der Waals surface area contributed by atoms with Crippen LogP contribution in [0.1, 0.15) is 19.8 Å². The van der Waals surface area contributed by atoms with Crippen molar-refractivity contribution in [1.29, 1.82) is 0 Å². The molecule has 0 bridgehead atoms. The first kappa shape index (κ1) is 14.8. The van der Waals surface area contributed by atoms with Crippen molar-refractivity contribution in [3.8, 4) is 0 Å². The lowest BCUT2D eigenvalue weighted by Gasteiger charge is -2.36. The van der Waals surface area contributed by atoms with Crippen LogP contribution in [0.4, 0.5) is 9.93 Å². The molecule has 2 aromatic rings. The van der Waals surface area contributed by atoms with Gasteiger partial charge in [0.25, 0.3) is 0 Å². The normalized spacial score (nSPS) is 21.8. The molecule has 3 N–H and O–H groups in total. The first-order valence-electron chi connectivity index (χ1n) is 7.27. The number of nitrogens with zero attached hydrogens (tertiary/aromatic N) is 2. The van der Waals surface area contributed by atoms with Gasteiger partial charge in [-0.15, -0.1) is 0 Å². The van der Waals surface area contributed by atoms with E-state index >= 15 is 0 Å². The fourth-order valence-electron chi connectivity index (χ4n) is 2.71. The number of thiazole rings is 1. The summed E-state index contributed by atoms with van der Waals surface area (Å²) < 4.78 is 1.03. The molecule has 0 saturated carbocycles. The number of likely N-dealkylation sites (tertiary alicyclic amines) is 1. The molecule has 1 aromatic carbocycles. The van der Waals surface area contributed by atoms with Crippen LogP contribution < -0.4 is 11.1 Å². The van der Waals surface area contributed by atoms with Crippen LogP contribution in [0.3, 0.4) is 0 Å². The van der Waals surface area contributed by atoms with Crippen LogP contribution >= 0.6 is 11.3 Å². The van der Waals surface area contributed by atoms with Crippen molar-refractivity contribution in [1.82, 2.24) is 9.88 Å². The number of carbonyl (C=O) groups excluding carboxylic acids is 2. The molecule has 0 radical (unpaired) electrons. The van der Waals surface area contributed by atoms with E-state index in [4.69, 9.17) is 5.73 Å². The molecule has 1 aliphatic heterocycles. The Balaban J connectivity index is 1.73. The number of para-hydroxylation sites is 1. The summed E-state index contributed by atoms with van der Waals surface area (Å²) >= 11 is 1.44. The van der Waals surface area contributed by atoms with Gasteiger partial charge in [0.1, 0.15) is 0 Å². The molecule has 7 heteroatoms. The quantitative estimate of drug-likeness (QED) is 0.891. The fourth-order valence-corrected chi connectivity index (χ4v) is 3.57. The van der Waals surface area contributed by atoms with E-state index in [1.807, 2.05) is 31.2 Å². The average molecular weight is 318 g/mol. The standard InChI is InChI=1S/C15H18N4O2S/c1-9-6-7-10(13(16)20)8-19(9)15(21)18-14-17-11-4-2-3-5-12(11)22-14/h2-5,9-10H,6-8H2,1H3,(H2,16,20)(H,17,18,21). The highest BCUT2D eigenvalue weighted by Crippen LogP contribution is 2.27. The molecule has 1 aromatic heterocycles. The number of hydrogen-bond acceptors (Lipinski definition) is 4. The average Bonchev–Trinajstić information content (AvgIpc) is 2.89. The molecule has 1 fully saturated rings. The summed E-state index contributed by atoms with van der Waals surface area (Å²) in [6.45, 7) is 2.35. The number of nitrogens with one attached hydrogen (secondary N) is 1. The third-order valence-corrected chi connectivity index (χ3v) is 5.00. The lowest BCUT2D eigenvalue weighted by molar-refractivity contribution is -0.123. The number of primary amides is 1. The Labute approximate surface area is 132 Å². The molecule has 0 aliphatic carbocycles. The van der Waals surface area contributed by atoms with Crippen molar-refractivity contribution in [3.63, 3.8) is 0 Å². The minimum atomic E-state index is -0.343. The van der Waals surface area contributed by atoms with Crippen LogP contribution in [-0.4, -0.2) is 34.4 Å². The number of piperidine rings is 1. The smallest absolute Gasteiger partial charge is 0.323 e. The van der Waals surface area contributed by atoms with Gasteiger partial charge in [0.2, 0.25) is 5.91 Å². The lowest BCUT2D eigenvalue weighted by atomic mass is 9.93. The Morgan fingerprint density at radius 1 is 1.36 bits per heavy atom. The number of amides is 3. The summed E-state index contributed by atoms with van der Waals surface area (Å²) in [6.07, 6.45) is 1.52. The van der Waals surface area contributed by atoms with E-state index in [1.165, 1.54) is 11.3 Å². The Kier molecular flexibility index (Phi) is 3.98. The second kappa shape index (κ2) is 5.92. The number of fused-ring (bicyclic) bond motifs is 1. The van der Waals surface area contributed by atoms with Gasteiger partial charge in [-0.25, -0.2) is 9.78 Å². The van der Waals surface area contributed by atoms with Crippen molar-refractivity contribution in [2.75, 3.05) is 11.9 Å². The number of aromatic nitrogens is 1. The SMILES string of the molecule is CC1CCC(C(N)=O)CN1C(=O)Nc1nc2ccccc2s1. The molecule has 2 atom stereocenters. The van der Waals surface area contributed by atoms with Gasteiger partial charge in [-0.2, -0.15) is 0 Å². The number of rotatable bonds is 2. The van der Waals surface area contributed by atoms with Crippen LogP contribution in [0.25, 0.3) is 10.2 Å². The van der Waals surface area contributed by atoms with Crippen LogP contribution in [0.5, 0.6) is 0 Å². The van der Waals surface area contributed by atoms with E-state index in [2.05, 4.69) is 10.3 Å². The van der Waals surface area contributed by atoms with Crippen molar-refractivity contribution in [3.05, 3.63) is 24.3 Å². The number of hydrogen-bond donors (Lipinski definition) is 2. The summed E-state index contributed by atoms with van der Waals surface area (Å²) in [6, 6.07) is 7.60. The molecule has 3 amide bonds. The summed E-state index contributed by atoms with van der Waals surface area (Å²) in [4.78, 5) is 29.9. The summed E-state index contributed by atoms with van der Waals surface area (Å²) in [7, 11) is 0. The van der Waals surface area contributed by atoms with Crippen LogP contribution in [-0.2, 0) is 4.79 Å². The van der Waals surface area contributed by atoms with Crippen LogP contribution in [0.2, 0.25) is 0 Å².